The maximum atomic E-state index is 12.9. The number of methoxy groups -OCH3 is 1. The Morgan fingerprint density at radius 2 is 1.86 bits per heavy atom. The van der Waals surface area contributed by atoms with Crippen molar-refractivity contribution in [2.24, 2.45) is 0 Å². The van der Waals surface area contributed by atoms with Crippen LogP contribution in [0.2, 0.25) is 0 Å². The molecule has 0 radical (unpaired) electrons. The van der Waals surface area contributed by atoms with Crippen molar-refractivity contribution in [1.82, 2.24) is 5.09 Å². The lowest BCUT2D eigenvalue weighted by molar-refractivity contribution is -0.149. The number of esters is 1. The third-order valence-corrected chi connectivity index (χ3v) is 4.35. The van der Waals surface area contributed by atoms with E-state index in [-0.39, 0.29) is 18.2 Å². The van der Waals surface area contributed by atoms with Gasteiger partial charge in [-0.2, -0.15) is 0 Å². The zero-order chi connectivity index (χ0) is 16.8. The van der Waals surface area contributed by atoms with E-state index in [0.29, 0.717) is 0 Å². The zero-order valence-corrected chi connectivity index (χ0v) is 13.9. The van der Waals surface area contributed by atoms with Crippen LogP contribution in [-0.4, -0.2) is 31.6 Å². The Kier molecular flexibility index (Phi) is 7.00. The fourth-order valence-electron chi connectivity index (χ4n) is 1.61. The largest absolute Gasteiger partial charge is 0.462 e. The molecule has 1 rings (SSSR count). The van der Waals surface area contributed by atoms with Crippen molar-refractivity contribution in [2.75, 3.05) is 13.5 Å². The van der Waals surface area contributed by atoms with E-state index in [0.717, 1.165) is 0 Å². The first-order chi connectivity index (χ1) is 10.3. The van der Waals surface area contributed by atoms with E-state index in [1.54, 1.807) is 13.8 Å². The quantitative estimate of drug-likeness (QED) is 0.582. The number of halogens is 1. The van der Waals surface area contributed by atoms with Gasteiger partial charge in [0, 0.05) is 7.11 Å². The molecule has 0 aromatic heterocycles. The molecule has 0 aliphatic heterocycles. The summed E-state index contributed by atoms with van der Waals surface area (Å²) >= 11 is 0. The number of nitrogens with one attached hydrogen (secondary N) is 1. The minimum absolute atomic E-state index is 0.207. The maximum absolute atomic E-state index is 12.9. The smallest absolute Gasteiger partial charge is 0.342 e. The maximum Gasteiger partial charge on any atom is 0.342 e. The van der Waals surface area contributed by atoms with Crippen LogP contribution in [0, 0.1) is 5.82 Å². The van der Waals surface area contributed by atoms with E-state index < -0.39 is 25.3 Å². The van der Waals surface area contributed by atoms with Crippen LogP contribution in [0.5, 0.6) is 5.75 Å². The fraction of sp³-hybridized carbons (Fsp3) is 0.500. The molecule has 1 N–H and O–H groups in total. The summed E-state index contributed by atoms with van der Waals surface area (Å²) in [5.74, 6) is -0.775. The van der Waals surface area contributed by atoms with Gasteiger partial charge in [-0.15, -0.1) is 0 Å². The van der Waals surface area contributed by atoms with Crippen LogP contribution in [0.3, 0.4) is 0 Å². The summed E-state index contributed by atoms with van der Waals surface area (Å²) in [6.07, 6.45) is -0.527. The van der Waals surface area contributed by atoms with Crippen LogP contribution in [0.1, 0.15) is 20.8 Å². The second-order valence-electron chi connectivity index (χ2n) is 4.97. The third-order valence-electron chi connectivity index (χ3n) is 2.46. The highest BCUT2D eigenvalue weighted by atomic mass is 31.2. The average Bonchev–Trinajstić information content (AvgIpc) is 2.40. The van der Waals surface area contributed by atoms with E-state index >= 15 is 0 Å². The zero-order valence-electron chi connectivity index (χ0n) is 13.0. The fourth-order valence-corrected chi connectivity index (χ4v) is 3.29. The SMILES string of the molecule is COCP(=O)(N[C@@H](C)C(=O)OC(C)C)Oc1ccc(F)cc1. The summed E-state index contributed by atoms with van der Waals surface area (Å²) in [5, 5.41) is 2.60. The first-order valence-electron chi connectivity index (χ1n) is 6.77. The van der Waals surface area contributed by atoms with E-state index in [2.05, 4.69) is 5.09 Å². The molecule has 22 heavy (non-hydrogen) atoms. The molecule has 0 aliphatic carbocycles. The van der Waals surface area contributed by atoms with Gasteiger partial charge in [0.2, 0.25) is 0 Å². The van der Waals surface area contributed by atoms with Gasteiger partial charge in [0.05, 0.1) is 6.10 Å². The molecule has 2 atom stereocenters. The van der Waals surface area contributed by atoms with Crippen molar-refractivity contribution in [1.29, 1.82) is 0 Å². The van der Waals surface area contributed by atoms with Gasteiger partial charge in [-0.05, 0) is 45.0 Å². The van der Waals surface area contributed by atoms with Gasteiger partial charge in [0.15, 0.2) is 0 Å². The van der Waals surface area contributed by atoms with Crippen LogP contribution in [-0.2, 0) is 18.8 Å². The molecule has 0 amide bonds. The normalized spacial score (nSPS) is 15.2. The third kappa shape index (κ3) is 6.13. The molecule has 0 saturated heterocycles. The number of hydrogen-bond acceptors (Lipinski definition) is 5. The molecule has 124 valence electrons. The second-order valence-corrected chi connectivity index (χ2v) is 7.02. The minimum Gasteiger partial charge on any atom is -0.462 e. The van der Waals surface area contributed by atoms with E-state index in [4.69, 9.17) is 14.0 Å². The number of carbonyl (C=O) groups is 1. The molecular formula is C14H21FNO5P. The molecule has 8 heteroatoms. The van der Waals surface area contributed by atoms with Crippen LogP contribution in [0.4, 0.5) is 4.39 Å². The first-order valence-corrected chi connectivity index (χ1v) is 8.58. The number of hydrogen-bond donors (Lipinski definition) is 1. The van der Waals surface area contributed by atoms with Gasteiger partial charge in [-0.25, -0.2) is 9.48 Å². The molecule has 0 heterocycles. The molecule has 1 aromatic carbocycles. The predicted molar refractivity (Wildman–Crippen MR) is 80.3 cm³/mol. The molecule has 1 aromatic rings. The second kappa shape index (κ2) is 8.27. The summed E-state index contributed by atoms with van der Waals surface area (Å²) in [7, 11) is -2.14. The van der Waals surface area contributed by atoms with Crippen molar-refractivity contribution < 1.29 is 27.7 Å². The van der Waals surface area contributed by atoms with Gasteiger partial charge in [-0.1, -0.05) is 0 Å². The number of carbonyl (C=O) groups excluding carboxylic acids is 1. The lowest BCUT2D eigenvalue weighted by atomic mass is 10.3. The van der Waals surface area contributed by atoms with Gasteiger partial charge in [-0.3, -0.25) is 9.36 Å². The number of ether oxygens (including phenoxy) is 2. The Morgan fingerprint density at radius 3 is 2.36 bits per heavy atom. The van der Waals surface area contributed by atoms with E-state index in [1.165, 1.54) is 38.3 Å². The number of benzene rings is 1. The molecule has 6 nitrogen and oxygen atoms in total. The lowest BCUT2D eigenvalue weighted by Crippen LogP contribution is -2.36. The molecule has 0 bridgehead atoms. The van der Waals surface area contributed by atoms with Crippen molar-refractivity contribution in [3.8, 4) is 5.75 Å². The Balaban J connectivity index is 2.79. The molecule has 0 fully saturated rings. The highest BCUT2D eigenvalue weighted by molar-refractivity contribution is 7.57. The molecule has 0 aliphatic rings. The Bertz CT molecular complexity index is 535. The Labute approximate surface area is 129 Å². The summed E-state index contributed by atoms with van der Waals surface area (Å²) in [6.45, 7) is 4.95. The van der Waals surface area contributed by atoms with Gasteiger partial charge < -0.3 is 14.0 Å². The van der Waals surface area contributed by atoms with Gasteiger partial charge >= 0.3 is 13.5 Å². The minimum atomic E-state index is -3.51. The molecule has 0 saturated carbocycles. The van der Waals surface area contributed by atoms with E-state index in [1.807, 2.05) is 0 Å². The van der Waals surface area contributed by atoms with Crippen molar-refractivity contribution in [3.63, 3.8) is 0 Å². The van der Waals surface area contributed by atoms with Crippen LogP contribution in [0.25, 0.3) is 0 Å². The Morgan fingerprint density at radius 1 is 1.27 bits per heavy atom. The summed E-state index contributed by atoms with van der Waals surface area (Å²) < 4.78 is 40.9. The predicted octanol–water partition coefficient (Wildman–Crippen LogP) is 2.93. The highest BCUT2D eigenvalue weighted by Gasteiger charge is 2.30. The molecule has 0 spiro atoms. The summed E-state index contributed by atoms with van der Waals surface area (Å²) in [6, 6.07) is 4.21. The standard InChI is InChI=1S/C14H21FNO5P/c1-10(2)20-14(17)11(3)16-22(18,9-19-4)21-13-7-5-12(15)6-8-13/h5-8,10-11H,9H2,1-4H3,(H,16,18)/t11-,22?/m0/s1. The van der Waals surface area contributed by atoms with Crippen molar-refractivity contribution in [2.45, 2.75) is 32.9 Å². The lowest BCUT2D eigenvalue weighted by Gasteiger charge is -2.23. The first kappa shape index (κ1) is 18.6. The van der Waals surface area contributed by atoms with Crippen molar-refractivity contribution in [3.05, 3.63) is 30.1 Å². The van der Waals surface area contributed by atoms with Crippen LogP contribution in [0.15, 0.2) is 24.3 Å². The van der Waals surface area contributed by atoms with Crippen LogP contribution >= 0.6 is 7.52 Å². The monoisotopic (exact) mass is 333 g/mol. The highest BCUT2D eigenvalue weighted by Crippen LogP contribution is 2.43. The molecule has 1 unspecified atom stereocenters. The summed E-state index contributed by atoms with van der Waals surface area (Å²) in [5.41, 5.74) is 0. The van der Waals surface area contributed by atoms with E-state index in [9.17, 15) is 13.8 Å². The van der Waals surface area contributed by atoms with Gasteiger partial charge in [0.25, 0.3) is 0 Å². The average molecular weight is 333 g/mol. The number of rotatable bonds is 8. The Hall–Kier alpha value is -1.43. The van der Waals surface area contributed by atoms with Crippen molar-refractivity contribution >= 4 is 13.5 Å². The topological polar surface area (TPSA) is 73.9 Å². The van der Waals surface area contributed by atoms with Crippen LogP contribution < -0.4 is 9.61 Å². The van der Waals surface area contributed by atoms with Gasteiger partial charge in [0.1, 0.15) is 24.0 Å². The summed E-state index contributed by atoms with van der Waals surface area (Å²) in [4.78, 5) is 11.8. The molecular weight excluding hydrogens is 312 g/mol.